The summed E-state index contributed by atoms with van der Waals surface area (Å²) in [6, 6.07) is 15.8. The van der Waals surface area contributed by atoms with Crippen LogP contribution in [0.5, 0.6) is 0 Å². The topological polar surface area (TPSA) is 140 Å². The fourth-order valence-corrected chi connectivity index (χ4v) is 6.07. The maximum atomic E-state index is 12.3. The molecule has 0 unspecified atom stereocenters. The van der Waals surface area contributed by atoms with Crippen LogP contribution >= 0.6 is 21.6 Å². The fourth-order valence-electron chi connectivity index (χ4n) is 4.14. The molecule has 0 heterocycles. The molecule has 0 saturated carbocycles. The Hall–Kier alpha value is -2.93. The first kappa shape index (κ1) is 39.2. The molecule has 0 amide bonds. The van der Waals surface area contributed by atoms with Gasteiger partial charge < -0.3 is 35.3 Å². The van der Waals surface area contributed by atoms with Crippen LogP contribution in [0.25, 0.3) is 0 Å². The Bertz CT molecular complexity index is 1120. The number of rotatable bonds is 26. The minimum Gasteiger partial charge on any atom is -0.466 e. The number of esters is 3. The van der Waals surface area contributed by atoms with Crippen molar-refractivity contribution in [1.29, 1.82) is 0 Å². The van der Waals surface area contributed by atoms with Crippen molar-refractivity contribution < 1.29 is 33.7 Å². The SMILES string of the molecule is CCCCOC(=O)CCN(CCCCCO)CCC(=O)OCCCCOC(=O)CCNc1ccc(SSc2ccc(N)cc2)cc1. The molecule has 256 valence electrons. The Morgan fingerprint density at radius 1 is 0.696 bits per heavy atom. The number of nitrogen functional groups attached to an aromatic ring is 1. The van der Waals surface area contributed by atoms with Crippen LogP contribution in [0.1, 0.15) is 71.1 Å². The first-order chi connectivity index (χ1) is 22.4. The average Bonchev–Trinajstić information content (AvgIpc) is 3.06. The number of aliphatic hydroxyl groups is 1. The van der Waals surface area contributed by atoms with Gasteiger partial charge in [0.05, 0.1) is 39.1 Å². The van der Waals surface area contributed by atoms with E-state index in [9.17, 15) is 14.4 Å². The highest BCUT2D eigenvalue weighted by molar-refractivity contribution is 8.76. The van der Waals surface area contributed by atoms with Gasteiger partial charge in [0.2, 0.25) is 0 Å². The number of nitrogens with zero attached hydrogens (tertiary/aromatic N) is 1. The molecule has 12 heteroatoms. The number of carbonyl (C=O) groups excluding carboxylic acids is 3. The van der Waals surface area contributed by atoms with Crippen molar-refractivity contribution in [2.45, 2.75) is 80.9 Å². The maximum absolute atomic E-state index is 12.3. The number of carbonyl (C=O) groups is 3. The molecule has 0 spiro atoms. The van der Waals surface area contributed by atoms with Crippen molar-refractivity contribution in [2.75, 3.05) is 63.7 Å². The van der Waals surface area contributed by atoms with Gasteiger partial charge in [-0.2, -0.15) is 0 Å². The number of benzene rings is 2. The molecule has 46 heavy (non-hydrogen) atoms. The van der Waals surface area contributed by atoms with Gasteiger partial charge in [-0.3, -0.25) is 14.4 Å². The molecule has 0 bridgehead atoms. The van der Waals surface area contributed by atoms with Crippen molar-refractivity contribution in [1.82, 2.24) is 4.90 Å². The molecule has 4 N–H and O–H groups in total. The number of anilines is 2. The zero-order valence-electron chi connectivity index (χ0n) is 27.1. The third-order valence-electron chi connectivity index (χ3n) is 6.85. The van der Waals surface area contributed by atoms with Gasteiger partial charge in [-0.25, -0.2) is 0 Å². The second-order valence-electron chi connectivity index (χ2n) is 10.8. The number of aliphatic hydroxyl groups excluding tert-OH is 1. The third kappa shape index (κ3) is 19.6. The fraction of sp³-hybridized carbons (Fsp3) is 0.559. The van der Waals surface area contributed by atoms with Crippen molar-refractivity contribution in [3.8, 4) is 0 Å². The molecule has 0 aromatic heterocycles. The van der Waals surface area contributed by atoms with Crippen LogP contribution < -0.4 is 11.1 Å². The number of hydrogen-bond donors (Lipinski definition) is 3. The second-order valence-corrected chi connectivity index (χ2v) is 13.1. The predicted molar refractivity (Wildman–Crippen MR) is 186 cm³/mol. The van der Waals surface area contributed by atoms with Crippen molar-refractivity contribution in [2.24, 2.45) is 0 Å². The van der Waals surface area contributed by atoms with Gasteiger partial charge in [-0.15, -0.1) is 0 Å². The van der Waals surface area contributed by atoms with E-state index in [-0.39, 0.29) is 57.0 Å². The summed E-state index contributed by atoms with van der Waals surface area (Å²) >= 11 is 0. The molecule has 10 nitrogen and oxygen atoms in total. The molecule has 0 saturated heterocycles. The monoisotopic (exact) mass is 677 g/mol. The Labute approximate surface area is 281 Å². The second kappa shape index (κ2) is 25.2. The normalized spacial score (nSPS) is 10.9. The van der Waals surface area contributed by atoms with Gasteiger partial charge in [-0.05, 0) is 93.6 Å². The number of nitrogens with two attached hydrogens (primary N) is 1. The summed E-state index contributed by atoms with van der Waals surface area (Å²) in [6.07, 6.45) is 6.32. The number of ether oxygens (including phenoxy) is 3. The summed E-state index contributed by atoms with van der Waals surface area (Å²) in [5.74, 6) is -0.787. The summed E-state index contributed by atoms with van der Waals surface area (Å²) in [5.41, 5.74) is 7.42. The van der Waals surface area contributed by atoms with Gasteiger partial charge in [0.25, 0.3) is 0 Å². The van der Waals surface area contributed by atoms with E-state index in [2.05, 4.69) is 10.2 Å². The van der Waals surface area contributed by atoms with E-state index in [0.29, 0.717) is 39.1 Å². The molecule has 0 fully saturated rings. The summed E-state index contributed by atoms with van der Waals surface area (Å²) < 4.78 is 15.9. The lowest BCUT2D eigenvalue weighted by molar-refractivity contribution is -0.146. The zero-order chi connectivity index (χ0) is 33.2. The summed E-state index contributed by atoms with van der Waals surface area (Å²) in [5, 5.41) is 12.2. The summed E-state index contributed by atoms with van der Waals surface area (Å²) in [6.45, 7) is 5.44. The van der Waals surface area contributed by atoms with Crippen molar-refractivity contribution in [3.05, 3.63) is 48.5 Å². The predicted octanol–water partition coefficient (Wildman–Crippen LogP) is 6.32. The van der Waals surface area contributed by atoms with Crippen LogP contribution in [0.4, 0.5) is 11.4 Å². The van der Waals surface area contributed by atoms with Gasteiger partial charge in [0.1, 0.15) is 0 Å². The molecule has 0 aliphatic carbocycles. The molecule has 2 rings (SSSR count). The highest BCUT2D eigenvalue weighted by atomic mass is 33.1. The van der Waals surface area contributed by atoms with E-state index >= 15 is 0 Å². The lowest BCUT2D eigenvalue weighted by Crippen LogP contribution is -2.30. The average molecular weight is 678 g/mol. The number of nitrogens with one attached hydrogen (secondary N) is 1. The Kier molecular flexibility index (Phi) is 21.5. The zero-order valence-corrected chi connectivity index (χ0v) is 28.7. The van der Waals surface area contributed by atoms with Crippen molar-refractivity contribution in [3.63, 3.8) is 0 Å². The van der Waals surface area contributed by atoms with Crippen LogP contribution in [0.15, 0.2) is 58.3 Å². The third-order valence-corrected chi connectivity index (χ3v) is 9.27. The molecule has 0 aliphatic rings. The Balaban J connectivity index is 1.52. The van der Waals surface area contributed by atoms with Gasteiger partial charge in [0, 0.05) is 47.4 Å². The molecule has 0 aliphatic heterocycles. The highest BCUT2D eigenvalue weighted by Crippen LogP contribution is 2.37. The first-order valence-corrected chi connectivity index (χ1v) is 18.4. The van der Waals surface area contributed by atoms with E-state index < -0.39 is 0 Å². The van der Waals surface area contributed by atoms with Crippen LogP contribution in [0.2, 0.25) is 0 Å². The van der Waals surface area contributed by atoms with E-state index in [4.69, 9.17) is 25.1 Å². The summed E-state index contributed by atoms with van der Waals surface area (Å²) in [7, 11) is 3.34. The minimum absolute atomic E-state index is 0.161. The number of unbranched alkanes of at least 4 members (excludes halogenated alkanes) is 4. The van der Waals surface area contributed by atoms with E-state index in [1.807, 2.05) is 55.5 Å². The van der Waals surface area contributed by atoms with Crippen LogP contribution in [0.3, 0.4) is 0 Å². The Morgan fingerprint density at radius 2 is 1.22 bits per heavy atom. The molecule has 2 aromatic carbocycles. The molecule has 0 radical (unpaired) electrons. The molecular formula is C34H51N3O7S2. The van der Waals surface area contributed by atoms with Gasteiger partial charge in [-0.1, -0.05) is 34.9 Å². The smallest absolute Gasteiger partial charge is 0.307 e. The van der Waals surface area contributed by atoms with Crippen LogP contribution in [0, 0.1) is 0 Å². The quantitative estimate of drug-likeness (QED) is 0.0337. The van der Waals surface area contributed by atoms with Crippen LogP contribution in [-0.4, -0.2) is 80.5 Å². The maximum Gasteiger partial charge on any atom is 0.307 e. The minimum atomic E-state index is -0.291. The summed E-state index contributed by atoms with van der Waals surface area (Å²) in [4.78, 5) is 40.7. The highest BCUT2D eigenvalue weighted by Gasteiger charge is 2.12. The van der Waals surface area contributed by atoms with Crippen LogP contribution in [-0.2, 0) is 28.6 Å². The standard InChI is InChI=1S/C34H51N3O7S2/c1-2-3-25-42-33(40)18-22-37(21-5-4-6-24-38)23-19-34(41)44-27-8-7-26-43-32(39)17-20-36-29-11-15-31(16-12-29)46-45-30-13-9-28(35)10-14-30/h9-16,36,38H,2-8,17-27,35H2,1H3. The molecule has 0 atom stereocenters. The van der Waals surface area contributed by atoms with E-state index in [0.717, 1.165) is 59.8 Å². The largest absolute Gasteiger partial charge is 0.466 e. The van der Waals surface area contributed by atoms with Crippen molar-refractivity contribution >= 4 is 50.9 Å². The van der Waals surface area contributed by atoms with E-state index in [1.54, 1.807) is 21.6 Å². The van der Waals surface area contributed by atoms with Gasteiger partial charge in [0.15, 0.2) is 0 Å². The van der Waals surface area contributed by atoms with Gasteiger partial charge >= 0.3 is 17.9 Å². The lowest BCUT2D eigenvalue weighted by Gasteiger charge is -2.21. The number of hydrogen-bond acceptors (Lipinski definition) is 12. The van der Waals surface area contributed by atoms with E-state index in [1.165, 1.54) is 0 Å². The first-order valence-electron chi connectivity index (χ1n) is 16.2. The molecule has 2 aromatic rings. The molecular weight excluding hydrogens is 627 g/mol. The Morgan fingerprint density at radius 3 is 1.76 bits per heavy atom. The lowest BCUT2D eigenvalue weighted by atomic mass is 10.2.